The van der Waals surface area contributed by atoms with Crippen LogP contribution in [0.1, 0.15) is 27.0 Å². The number of benzene rings is 1. The topological polar surface area (TPSA) is 55.8 Å². The van der Waals surface area contributed by atoms with Crippen LogP contribution in [0.5, 0.6) is 5.75 Å². The first-order valence-corrected chi connectivity index (χ1v) is 5.85. The van der Waals surface area contributed by atoms with Crippen molar-refractivity contribution in [3.05, 3.63) is 26.7 Å². The summed E-state index contributed by atoms with van der Waals surface area (Å²) in [5.74, 6) is -0.278. The maximum Gasteiger partial charge on any atom is 0.341 e. The van der Waals surface area contributed by atoms with Gasteiger partial charge in [-0.25, -0.2) is 4.79 Å². The van der Waals surface area contributed by atoms with Gasteiger partial charge in [-0.3, -0.25) is 0 Å². The number of hydrogen-bond donors (Lipinski definition) is 1. The molecule has 0 amide bonds. The van der Waals surface area contributed by atoms with E-state index in [9.17, 15) is 9.90 Å². The van der Waals surface area contributed by atoms with E-state index < -0.39 is 5.97 Å². The molecule has 1 aromatic carbocycles. The molecule has 94 valence electrons. The van der Waals surface area contributed by atoms with E-state index in [0.717, 1.165) is 0 Å². The molecule has 1 rings (SSSR count). The number of ether oxygens (including phenoxy) is 2. The lowest BCUT2D eigenvalue weighted by Crippen LogP contribution is -2.11. The Morgan fingerprint density at radius 3 is 2.35 bits per heavy atom. The normalized spacial score (nSPS) is 10.4. The van der Waals surface area contributed by atoms with Gasteiger partial charge in [-0.15, -0.1) is 0 Å². The number of hydrogen-bond acceptors (Lipinski definition) is 4. The van der Waals surface area contributed by atoms with Gasteiger partial charge in [0.2, 0.25) is 0 Å². The quantitative estimate of drug-likeness (QED) is 0.689. The number of esters is 1. The second-order valence-corrected chi connectivity index (χ2v) is 4.54. The minimum absolute atomic E-state index is 0.0936. The summed E-state index contributed by atoms with van der Waals surface area (Å²) in [6.07, 6.45) is 0. The summed E-state index contributed by atoms with van der Waals surface area (Å²) in [7, 11) is 1.45. The Morgan fingerprint density at radius 2 is 1.82 bits per heavy atom. The summed E-state index contributed by atoms with van der Waals surface area (Å²) in [4.78, 5) is 11.8. The van der Waals surface area contributed by atoms with Crippen molar-refractivity contribution in [3.63, 3.8) is 0 Å². The number of phenols is 1. The summed E-state index contributed by atoms with van der Waals surface area (Å²) in [6.45, 7) is 5.17. The summed E-state index contributed by atoms with van der Waals surface area (Å²) in [5, 5.41) is 9.84. The van der Waals surface area contributed by atoms with Crippen LogP contribution in [-0.4, -0.2) is 25.0 Å². The van der Waals surface area contributed by atoms with Crippen LogP contribution in [0.15, 0.2) is 4.47 Å². The molecule has 0 unspecified atom stereocenters. The minimum Gasteiger partial charge on any atom is -0.507 e. The first kappa shape index (κ1) is 14.0. The molecule has 0 saturated heterocycles. The maximum absolute atomic E-state index is 11.8. The Hall–Kier alpha value is -1.07. The first-order chi connectivity index (χ1) is 7.91. The minimum atomic E-state index is -0.470. The second-order valence-electron chi connectivity index (χ2n) is 3.75. The third-order valence-corrected chi connectivity index (χ3v) is 3.70. The van der Waals surface area contributed by atoms with Gasteiger partial charge in [-0.2, -0.15) is 0 Å². The highest BCUT2D eigenvalue weighted by atomic mass is 79.9. The van der Waals surface area contributed by atoms with Gasteiger partial charge < -0.3 is 14.6 Å². The van der Waals surface area contributed by atoms with Gasteiger partial charge in [0.25, 0.3) is 0 Å². The maximum atomic E-state index is 11.8. The Balaban J connectivity index is 3.29. The summed E-state index contributed by atoms with van der Waals surface area (Å²) >= 11 is 3.31. The molecule has 0 aliphatic rings. The van der Waals surface area contributed by atoms with Gasteiger partial charge in [0, 0.05) is 17.1 Å². The van der Waals surface area contributed by atoms with Crippen molar-refractivity contribution in [3.8, 4) is 5.75 Å². The number of carbonyl (C=O) groups excluding carboxylic acids is 1. The van der Waals surface area contributed by atoms with E-state index in [0.29, 0.717) is 26.7 Å². The third-order valence-electron chi connectivity index (χ3n) is 2.71. The van der Waals surface area contributed by atoms with E-state index in [2.05, 4.69) is 15.9 Å². The second kappa shape index (κ2) is 5.51. The number of methoxy groups -OCH3 is 1. The van der Waals surface area contributed by atoms with E-state index in [-0.39, 0.29) is 12.5 Å². The first-order valence-electron chi connectivity index (χ1n) is 5.06. The van der Waals surface area contributed by atoms with E-state index >= 15 is 0 Å². The highest BCUT2D eigenvalue weighted by molar-refractivity contribution is 9.10. The van der Waals surface area contributed by atoms with E-state index in [1.54, 1.807) is 20.8 Å². The lowest BCUT2D eigenvalue weighted by atomic mass is 9.99. The predicted molar refractivity (Wildman–Crippen MR) is 67.3 cm³/mol. The van der Waals surface area contributed by atoms with Crippen LogP contribution in [0.4, 0.5) is 0 Å². The van der Waals surface area contributed by atoms with Gasteiger partial charge in [0.1, 0.15) is 5.75 Å². The molecular weight excluding hydrogens is 288 g/mol. The van der Waals surface area contributed by atoms with Gasteiger partial charge >= 0.3 is 5.97 Å². The van der Waals surface area contributed by atoms with E-state index in [1.807, 2.05) is 0 Å². The molecule has 0 aliphatic heterocycles. The average Bonchev–Trinajstić information content (AvgIpc) is 2.31. The summed E-state index contributed by atoms with van der Waals surface area (Å²) < 4.78 is 10.2. The lowest BCUT2D eigenvalue weighted by molar-refractivity contribution is -0.0126. The van der Waals surface area contributed by atoms with Crippen LogP contribution in [0.25, 0.3) is 0 Å². The standard InChI is InChI=1S/C12H15BrO4/c1-6-7(2)11(14)8(3)10(13)9(6)12(15)17-5-16-4/h14H,5H2,1-4H3. The van der Waals surface area contributed by atoms with Crippen LogP contribution in [-0.2, 0) is 9.47 Å². The van der Waals surface area contributed by atoms with E-state index in [1.165, 1.54) is 7.11 Å². The molecule has 4 nitrogen and oxygen atoms in total. The fourth-order valence-electron chi connectivity index (χ4n) is 1.53. The molecule has 0 aliphatic carbocycles. The molecule has 5 heteroatoms. The van der Waals surface area contributed by atoms with Crippen molar-refractivity contribution in [1.82, 2.24) is 0 Å². The smallest absolute Gasteiger partial charge is 0.341 e. The molecule has 0 aromatic heterocycles. The number of rotatable bonds is 3. The molecule has 0 heterocycles. The zero-order valence-corrected chi connectivity index (χ0v) is 11.8. The Bertz CT molecular complexity index is 425. The van der Waals surface area contributed by atoms with Crippen molar-refractivity contribution in [1.29, 1.82) is 0 Å². The molecule has 0 radical (unpaired) electrons. The molecule has 0 spiro atoms. The van der Waals surface area contributed by atoms with E-state index in [4.69, 9.17) is 9.47 Å². The number of halogens is 1. The van der Waals surface area contributed by atoms with Crippen molar-refractivity contribution in [2.75, 3.05) is 13.9 Å². The number of aromatic hydroxyl groups is 1. The van der Waals surface area contributed by atoms with Gasteiger partial charge in [-0.05, 0) is 47.8 Å². The molecule has 1 N–H and O–H groups in total. The molecule has 0 fully saturated rings. The fourth-order valence-corrected chi connectivity index (χ4v) is 2.18. The van der Waals surface area contributed by atoms with Gasteiger partial charge in [0.05, 0.1) is 5.56 Å². The fraction of sp³-hybridized carbons (Fsp3) is 0.417. The largest absolute Gasteiger partial charge is 0.507 e. The molecule has 0 bridgehead atoms. The van der Waals surface area contributed by atoms with Crippen molar-refractivity contribution in [2.45, 2.75) is 20.8 Å². The Labute approximate surface area is 109 Å². The van der Waals surface area contributed by atoms with Crippen molar-refractivity contribution < 1.29 is 19.4 Å². The van der Waals surface area contributed by atoms with Crippen LogP contribution < -0.4 is 0 Å². The number of carbonyl (C=O) groups is 1. The molecule has 0 atom stereocenters. The summed E-state index contributed by atoms with van der Waals surface area (Å²) in [5.41, 5.74) is 2.42. The van der Waals surface area contributed by atoms with Crippen molar-refractivity contribution in [2.24, 2.45) is 0 Å². The Morgan fingerprint density at radius 1 is 1.24 bits per heavy atom. The Kier molecular flexibility index (Phi) is 4.54. The molecule has 0 saturated carbocycles. The van der Waals surface area contributed by atoms with Crippen LogP contribution >= 0.6 is 15.9 Å². The molecule has 17 heavy (non-hydrogen) atoms. The SMILES string of the molecule is COCOC(=O)c1c(C)c(C)c(O)c(C)c1Br. The van der Waals surface area contributed by atoms with Gasteiger partial charge in [-0.1, -0.05) is 0 Å². The average molecular weight is 303 g/mol. The number of phenolic OH excluding ortho intramolecular Hbond substituents is 1. The lowest BCUT2D eigenvalue weighted by Gasteiger charge is -2.15. The highest BCUT2D eigenvalue weighted by Crippen LogP contribution is 2.35. The third kappa shape index (κ3) is 2.61. The molecule has 1 aromatic rings. The van der Waals surface area contributed by atoms with Crippen LogP contribution in [0.2, 0.25) is 0 Å². The predicted octanol–water partition coefficient (Wildman–Crippen LogP) is 2.84. The summed E-state index contributed by atoms with van der Waals surface area (Å²) in [6, 6.07) is 0. The van der Waals surface area contributed by atoms with Crippen LogP contribution in [0.3, 0.4) is 0 Å². The zero-order chi connectivity index (χ0) is 13.2. The van der Waals surface area contributed by atoms with Crippen molar-refractivity contribution >= 4 is 21.9 Å². The highest BCUT2D eigenvalue weighted by Gasteiger charge is 2.21. The van der Waals surface area contributed by atoms with Gasteiger partial charge in [0.15, 0.2) is 6.79 Å². The zero-order valence-electron chi connectivity index (χ0n) is 10.3. The van der Waals surface area contributed by atoms with Crippen LogP contribution in [0, 0.1) is 20.8 Å². The monoisotopic (exact) mass is 302 g/mol. The molecular formula is C12H15BrO4.